The molecular weight excluding hydrogens is 248 g/mol. The Kier molecular flexibility index (Phi) is 4.79. The maximum atomic E-state index is 13.7. The lowest BCUT2D eigenvalue weighted by Gasteiger charge is -2.41. The van der Waals surface area contributed by atoms with E-state index in [2.05, 4.69) is 23.6 Å². The molecule has 0 aromatic rings. The fourth-order valence-electron chi connectivity index (χ4n) is 3.39. The van der Waals surface area contributed by atoms with Gasteiger partial charge in [-0.05, 0) is 46.2 Å². The van der Waals surface area contributed by atoms with E-state index >= 15 is 0 Å². The minimum absolute atomic E-state index is 0.0450. The number of hydrogen-bond donors (Lipinski definition) is 1. The van der Waals surface area contributed by atoms with Crippen molar-refractivity contribution in [2.75, 3.05) is 26.2 Å². The summed E-state index contributed by atoms with van der Waals surface area (Å²) in [6.07, 6.45) is 2.41. The van der Waals surface area contributed by atoms with Crippen molar-refractivity contribution >= 4 is 0 Å². The summed E-state index contributed by atoms with van der Waals surface area (Å²) in [4.78, 5) is 4.63. The molecule has 112 valence electrons. The highest BCUT2D eigenvalue weighted by Crippen LogP contribution is 2.35. The van der Waals surface area contributed by atoms with Crippen LogP contribution < -0.4 is 5.73 Å². The molecule has 0 aromatic heterocycles. The normalized spacial score (nSPS) is 34.4. The second kappa shape index (κ2) is 6.02. The molecule has 5 heteroatoms. The molecule has 1 saturated heterocycles. The molecule has 0 aromatic carbocycles. The predicted octanol–water partition coefficient (Wildman–Crippen LogP) is 1.92. The van der Waals surface area contributed by atoms with E-state index in [-0.39, 0.29) is 12.5 Å². The standard InChI is InChI=1S/C14H27F2N3/c1-11(2)18-7-4-8-19(10-9-18)12-5-3-6-14(15,16)13(12)17/h11-13H,3-10,17H2,1-2H3/t12-,13+/m0/s1. The fraction of sp³-hybridized carbons (Fsp3) is 1.00. The summed E-state index contributed by atoms with van der Waals surface area (Å²) in [5.74, 6) is -2.69. The molecule has 0 amide bonds. The number of alkyl halides is 2. The van der Waals surface area contributed by atoms with Crippen molar-refractivity contribution in [1.29, 1.82) is 0 Å². The summed E-state index contributed by atoms with van der Waals surface area (Å²) in [6.45, 7) is 8.18. The van der Waals surface area contributed by atoms with Crippen LogP contribution in [0.5, 0.6) is 0 Å². The van der Waals surface area contributed by atoms with Gasteiger partial charge in [-0.15, -0.1) is 0 Å². The Morgan fingerprint density at radius 3 is 2.53 bits per heavy atom. The van der Waals surface area contributed by atoms with Crippen molar-refractivity contribution in [3.05, 3.63) is 0 Å². The zero-order valence-electron chi connectivity index (χ0n) is 12.1. The second-order valence-corrected chi connectivity index (χ2v) is 6.27. The molecule has 2 fully saturated rings. The van der Waals surface area contributed by atoms with E-state index < -0.39 is 12.0 Å². The third-order valence-electron chi connectivity index (χ3n) is 4.68. The van der Waals surface area contributed by atoms with Crippen molar-refractivity contribution in [2.24, 2.45) is 5.73 Å². The minimum atomic E-state index is -2.69. The van der Waals surface area contributed by atoms with Crippen LogP contribution in [0.25, 0.3) is 0 Å². The predicted molar refractivity (Wildman–Crippen MR) is 73.5 cm³/mol. The van der Waals surface area contributed by atoms with E-state index in [1.807, 2.05) is 0 Å². The van der Waals surface area contributed by atoms with Crippen molar-refractivity contribution in [1.82, 2.24) is 9.80 Å². The van der Waals surface area contributed by atoms with Crippen LogP contribution in [0.1, 0.15) is 39.5 Å². The van der Waals surface area contributed by atoms with Gasteiger partial charge in [0.05, 0.1) is 6.04 Å². The van der Waals surface area contributed by atoms with Gasteiger partial charge >= 0.3 is 0 Å². The molecule has 1 heterocycles. The van der Waals surface area contributed by atoms with E-state index in [4.69, 9.17) is 5.73 Å². The average molecular weight is 275 g/mol. The van der Waals surface area contributed by atoms with Crippen LogP contribution >= 0.6 is 0 Å². The Bertz CT molecular complexity index is 296. The molecule has 2 rings (SSSR count). The molecule has 2 aliphatic rings. The number of halogens is 2. The molecule has 1 aliphatic carbocycles. The Morgan fingerprint density at radius 2 is 1.84 bits per heavy atom. The molecule has 0 radical (unpaired) electrons. The maximum Gasteiger partial charge on any atom is 0.264 e. The lowest BCUT2D eigenvalue weighted by atomic mass is 9.86. The summed E-state index contributed by atoms with van der Waals surface area (Å²) in [6, 6.07) is -0.607. The van der Waals surface area contributed by atoms with Crippen LogP contribution in [-0.4, -0.2) is 60.0 Å². The smallest absolute Gasteiger partial charge is 0.264 e. The van der Waals surface area contributed by atoms with Crippen LogP contribution in [0.3, 0.4) is 0 Å². The highest BCUT2D eigenvalue weighted by atomic mass is 19.3. The van der Waals surface area contributed by atoms with Gasteiger partial charge in [0.1, 0.15) is 0 Å². The molecule has 2 atom stereocenters. The quantitative estimate of drug-likeness (QED) is 0.835. The third-order valence-corrected chi connectivity index (χ3v) is 4.68. The summed E-state index contributed by atoms with van der Waals surface area (Å²) >= 11 is 0. The highest BCUT2D eigenvalue weighted by molar-refractivity contribution is 4.96. The summed E-state index contributed by atoms with van der Waals surface area (Å²) in [5, 5.41) is 0. The van der Waals surface area contributed by atoms with Crippen LogP contribution in [0.15, 0.2) is 0 Å². The zero-order chi connectivity index (χ0) is 14.0. The van der Waals surface area contributed by atoms with Gasteiger partial charge in [0.15, 0.2) is 0 Å². The second-order valence-electron chi connectivity index (χ2n) is 6.27. The monoisotopic (exact) mass is 275 g/mol. The number of nitrogens with zero attached hydrogens (tertiary/aromatic N) is 2. The van der Waals surface area contributed by atoms with Gasteiger partial charge in [0.2, 0.25) is 0 Å². The first-order chi connectivity index (χ1) is 8.92. The van der Waals surface area contributed by atoms with E-state index in [0.29, 0.717) is 12.5 Å². The van der Waals surface area contributed by atoms with Crippen molar-refractivity contribution in [3.63, 3.8) is 0 Å². The summed E-state index contributed by atoms with van der Waals surface area (Å²) in [5.41, 5.74) is 5.83. The van der Waals surface area contributed by atoms with Gasteiger partial charge in [-0.3, -0.25) is 9.80 Å². The fourth-order valence-corrected chi connectivity index (χ4v) is 3.39. The average Bonchev–Trinajstić information content (AvgIpc) is 2.58. The van der Waals surface area contributed by atoms with Gasteiger partial charge < -0.3 is 5.73 Å². The summed E-state index contributed by atoms with van der Waals surface area (Å²) in [7, 11) is 0. The molecule has 1 aliphatic heterocycles. The first kappa shape index (κ1) is 15.1. The third kappa shape index (κ3) is 3.44. The maximum absolute atomic E-state index is 13.7. The molecule has 0 unspecified atom stereocenters. The molecule has 3 nitrogen and oxygen atoms in total. The van der Waals surface area contributed by atoms with E-state index in [0.717, 1.165) is 39.0 Å². The van der Waals surface area contributed by atoms with Gasteiger partial charge in [-0.1, -0.05) is 0 Å². The molecular formula is C14H27F2N3. The van der Waals surface area contributed by atoms with Crippen molar-refractivity contribution in [2.45, 2.75) is 63.6 Å². The first-order valence-corrected chi connectivity index (χ1v) is 7.53. The van der Waals surface area contributed by atoms with Crippen molar-refractivity contribution < 1.29 is 8.78 Å². The first-order valence-electron chi connectivity index (χ1n) is 7.53. The number of nitrogens with two attached hydrogens (primary N) is 1. The van der Waals surface area contributed by atoms with Crippen molar-refractivity contribution in [3.8, 4) is 0 Å². The lowest BCUT2D eigenvalue weighted by molar-refractivity contribution is -0.0821. The molecule has 0 spiro atoms. The van der Waals surface area contributed by atoms with Gasteiger partial charge in [0.25, 0.3) is 5.92 Å². The highest BCUT2D eigenvalue weighted by Gasteiger charge is 2.46. The molecule has 2 N–H and O–H groups in total. The topological polar surface area (TPSA) is 32.5 Å². The lowest BCUT2D eigenvalue weighted by Crippen LogP contribution is -2.59. The van der Waals surface area contributed by atoms with E-state index in [1.165, 1.54) is 0 Å². The number of hydrogen-bond acceptors (Lipinski definition) is 3. The van der Waals surface area contributed by atoms with Crippen LogP contribution in [-0.2, 0) is 0 Å². The zero-order valence-corrected chi connectivity index (χ0v) is 12.1. The van der Waals surface area contributed by atoms with Gasteiger partial charge in [-0.2, -0.15) is 0 Å². The number of rotatable bonds is 2. The molecule has 1 saturated carbocycles. The minimum Gasteiger partial charge on any atom is -0.321 e. The Morgan fingerprint density at radius 1 is 1.11 bits per heavy atom. The van der Waals surface area contributed by atoms with E-state index in [1.54, 1.807) is 0 Å². The van der Waals surface area contributed by atoms with Crippen LogP contribution in [0, 0.1) is 0 Å². The van der Waals surface area contributed by atoms with Gasteiger partial charge in [-0.25, -0.2) is 8.78 Å². The Labute approximate surface area is 115 Å². The molecule has 19 heavy (non-hydrogen) atoms. The Balaban J connectivity index is 1.98. The van der Waals surface area contributed by atoms with Crippen LogP contribution in [0.4, 0.5) is 8.78 Å². The van der Waals surface area contributed by atoms with E-state index in [9.17, 15) is 8.78 Å². The Hall–Kier alpha value is -0.260. The van der Waals surface area contributed by atoms with Gasteiger partial charge in [0, 0.05) is 31.6 Å². The van der Waals surface area contributed by atoms with Crippen LogP contribution in [0.2, 0.25) is 0 Å². The SMILES string of the molecule is CC(C)N1CCCN([C@H]2CCCC(F)(F)[C@@H]2N)CC1. The summed E-state index contributed by atoms with van der Waals surface area (Å²) < 4.78 is 27.5. The largest absolute Gasteiger partial charge is 0.321 e. The molecule has 0 bridgehead atoms.